The minimum Gasteiger partial charge on any atom is -0.398 e. The highest BCUT2D eigenvalue weighted by Gasteiger charge is 2.28. The normalized spacial score (nSPS) is 24.1. The summed E-state index contributed by atoms with van der Waals surface area (Å²) in [4.78, 5) is 8.53. The first kappa shape index (κ1) is 13.3. The van der Waals surface area contributed by atoms with Crippen molar-refractivity contribution in [2.45, 2.75) is 18.6 Å². The number of hydrogen-bond acceptors (Lipinski definition) is 5. The molecule has 5 nitrogen and oxygen atoms in total. The SMILES string of the molecule is CN1CCN(C)C(C(O)Cc2cnccc2N)C1. The van der Waals surface area contributed by atoms with Crippen LogP contribution in [-0.2, 0) is 6.42 Å². The molecule has 0 amide bonds. The molecular weight excluding hydrogens is 228 g/mol. The summed E-state index contributed by atoms with van der Waals surface area (Å²) in [7, 11) is 4.15. The van der Waals surface area contributed by atoms with Crippen LogP contribution in [0.5, 0.6) is 0 Å². The molecule has 1 aliphatic heterocycles. The maximum Gasteiger partial charge on any atom is 0.0749 e. The lowest BCUT2D eigenvalue weighted by atomic mass is 9.99. The summed E-state index contributed by atoms with van der Waals surface area (Å²) in [6.07, 6.45) is 3.56. The van der Waals surface area contributed by atoms with E-state index >= 15 is 0 Å². The van der Waals surface area contributed by atoms with E-state index < -0.39 is 6.10 Å². The molecule has 2 atom stereocenters. The van der Waals surface area contributed by atoms with Crippen LogP contribution in [0.25, 0.3) is 0 Å². The van der Waals surface area contributed by atoms with E-state index in [2.05, 4.69) is 28.9 Å². The summed E-state index contributed by atoms with van der Waals surface area (Å²) in [6, 6.07) is 1.93. The third-order valence-electron chi connectivity index (χ3n) is 3.71. The van der Waals surface area contributed by atoms with Gasteiger partial charge in [-0.05, 0) is 25.7 Å². The molecule has 0 spiro atoms. The molecule has 2 heterocycles. The Morgan fingerprint density at radius 1 is 1.50 bits per heavy atom. The van der Waals surface area contributed by atoms with Crippen LogP contribution < -0.4 is 5.73 Å². The Labute approximate surface area is 108 Å². The summed E-state index contributed by atoms with van der Waals surface area (Å²) in [5.74, 6) is 0. The van der Waals surface area contributed by atoms with E-state index in [9.17, 15) is 5.11 Å². The van der Waals surface area contributed by atoms with Crippen LogP contribution in [0.2, 0.25) is 0 Å². The second-order valence-electron chi connectivity index (χ2n) is 5.16. The number of nitrogens with two attached hydrogens (primary N) is 1. The fraction of sp³-hybridized carbons (Fsp3) is 0.615. The number of nitrogen functional groups attached to an aromatic ring is 1. The predicted molar refractivity (Wildman–Crippen MR) is 72.3 cm³/mol. The van der Waals surface area contributed by atoms with Crippen molar-refractivity contribution in [3.63, 3.8) is 0 Å². The molecule has 18 heavy (non-hydrogen) atoms. The van der Waals surface area contributed by atoms with Gasteiger partial charge in [0.2, 0.25) is 0 Å². The number of anilines is 1. The minimum atomic E-state index is -0.413. The van der Waals surface area contributed by atoms with Crippen LogP contribution in [0, 0.1) is 0 Å². The van der Waals surface area contributed by atoms with Crippen LogP contribution in [0.3, 0.4) is 0 Å². The van der Waals surface area contributed by atoms with Crippen molar-refractivity contribution in [3.8, 4) is 0 Å². The van der Waals surface area contributed by atoms with Crippen molar-refractivity contribution < 1.29 is 5.11 Å². The number of aliphatic hydroxyl groups is 1. The van der Waals surface area contributed by atoms with Crippen LogP contribution in [0.4, 0.5) is 5.69 Å². The lowest BCUT2D eigenvalue weighted by Crippen LogP contribution is -2.55. The molecule has 1 aromatic rings. The smallest absolute Gasteiger partial charge is 0.0749 e. The third kappa shape index (κ3) is 2.98. The van der Waals surface area contributed by atoms with E-state index in [1.165, 1.54) is 0 Å². The van der Waals surface area contributed by atoms with Gasteiger partial charge in [-0.2, -0.15) is 0 Å². The lowest BCUT2D eigenvalue weighted by molar-refractivity contribution is 0.0153. The largest absolute Gasteiger partial charge is 0.398 e. The lowest BCUT2D eigenvalue weighted by Gasteiger charge is -2.40. The topological polar surface area (TPSA) is 65.6 Å². The van der Waals surface area contributed by atoms with Gasteiger partial charge in [-0.15, -0.1) is 0 Å². The van der Waals surface area contributed by atoms with Crippen LogP contribution in [0.15, 0.2) is 18.5 Å². The molecule has 0 aliphatic carbocycles. The van der Waals surface area contributed by atoms with E-state index in [1.807, 2.05) is 0 Å². The molecule has 1 aliphatic rings. The van der Waals surface area contributed by atoms with E-state index in [0.29, 0.717) is 12.1 Å². The van der Waals surface area contributed by atoms with Crippen molar-refractivity contribution in [2.75, 3.05) is 39.5 Å². The molecule has 0 bridgehead atoms. The highest BCUT2D eigenvalue weighted by atomic mass is 16.3. The number of nitrogens with zero attached hydrogens (tertiary/aromatic N) is 3. The zero-order valence-electron chi connectivity index (χ0n) is 11.1. The number of hydrogen-bond donors (Lipinski definition) is 2. The van der Waals surface area contributed by atoms with Gasteiger partial charge in [0.25, 0.3) is 0 Å². The summed E-state index contributed by atoms with van der Waals surface area (Å²) < 4.78 is 0. The molecule has 0 saturated carbocycles. The van der Waals surface area contributed by atoms with Gasteiger partial charge in [-0.1, -0.05) is 0 Å². The van der Waals surface area contributed by atoms with E-state index in [4.69, 9.17) is 5.73 Å². The monoisotopic (exact) mass is 250 g/mol. The van der Waals surface area contributed by atoms with Gasteiger partial charge >= 0.3 is 0 Å². The zero-order valence-corrected chi connectivity index (χ0v) is 11.1. The minimum absolute atomic E-state index is 0.156. The highest BCUT2D eigenvalue weighted by molar-refractivity contribution is 5.44. The number of piperazine rings is 1. The number of aliphatic hydroxyl groups excluding tert-OH is 1. The molecule has 5 heteroatoms. The van der Waals surface area contributed by atoms with Crippen LogP contribution >= 0.6 is 0 Å². The molecule has 2 unspecified atom stereocenters. The molecule has 2 rings (SSSR count). The molecular formula is C13H22N4O. The summed E-state index contributed by atoms with van der Waals surface area (Å²) in [5.41, 5.74) is 7.51. The fourth-order valence-corrected chi connectivity index (χ4v) is 2.43. The number of rotatable bonds is 3. The number of pyridine rings is 1. The predicted octanol–water partition coefficient (Wildman–Crippen LogP) is -0.187. The zero-order chi connectivity index (χ0) is 13.1. The third-order valence-corrected chi connectivity index (χ3v) is 3.71. The van der Waals surface area contributed by atoms with Gasteiger partial charge in [0, 0.05) is 50.2 Å². The quantitative estimate of drug-likeness (QED) is 0.778. The second-order valence-corrected chi connectivity index (χ2v) is 5.16. The Kier molecular flexibility index (Phi) is 4.16. The Morgan fingerprint density at radius 3 is 3.00 bits per heavy atom. The van der Waals surface area contributed by atoms with E-state index in [1.54, 1.807) is 18.5 Å². The van der Waals surface area contributed by atoms with Gasteiger partial charge in [0.1, 0.15) is 0 Å². The van der Waals surface area contributed by atoms with E-state index in [-0.39, 0.29) is 6.04 Å². The van der Waals surface area contributed by atoms with Gasteiger partial charge in [0.15, 0.2) is 0 Å². The highest BCUT2D eigenvalue weighted by Crippen LogP contribution is 2.17. The average molecular weight is 250 g/mol. The van der Waals surface area contributed by atoms with Crippen molar-refractivity contribution >= 4 is 5.69 Å². The maximum atomic E-state index is 10.4. The summed E-state index contributed by atoms with van der Waals surface area (Å²) in [6.45, 7) is 2.92. The molecule has 1 aromatic heterocycles. The van der Waals surface area contributed by atoms with Gasteiger partial charge in [0.05, 0.1) is 6.10 Å². The maximum absolute atomic E-state index is 10.4. The first-order chi connectivity index (χ1) is 8.58. The molecule has 100 valence electrons. The molecule has 0 radical (unpaired) electrons. The summed E-state index contributed by atoms with van der Waals surface area (Å²) in [5, 5.41) is 10.4. The Balaban J connectivity index is 2.03. The van der Waals surface area contributed by atoms with Crippen LogP contribution in [0.1, 0.15) is 5.56 Å². The molecule has 3 N–H and O–H groups in total. The number of likely N-dealkylation sites (N-methyl/N-ethyl adjacent to an activating group) is 2. The first-order valence-corrected chi connectivity index (χ1v) is 6.33. The Bertz CT molecular complexity index is 398. The standard InChI is InChI=1S/C13H22N4O/c1-16-5-6-17(2)12(9-16)13(18)7-10-8-15-4-3-11(10)14/h3-4,8,12-13,18H,5-7,9H2,1-2H3,(H2,14,15). The Hall–Kier alpha value is -1.17. The van der Waals surface area contributed by atoms with Gasteiger partial charge in [-0.25, -0.2) is 0 Å². The molecule has 0 aromatic carbocycles. The molecule has 1 saturated heterocycles. The summed E-state index contributed by atoms with van der Waals surface area (Å²) >= 11 is 0. The van der Waals surface area contributed by atoms with Crippen LogP contribution in [-0.4, -0.2) is 65.8 Å². The van der Waals surface area contributed by atoms with Crippen molar-refractivity contribution in [2.24, 2.45) is 0 Å². The Morgan fingerprint density at radius 2 is 2.28 bits per heavy atom. The first-order valence-electron chi connectivity index (χ1n) is 6.33. The van der Waals surface area contributed by atoms with Gasteiger partial charge < -0.3 is 15.7 Å². The molecule has 1 fully saturated rings. The van der Waals surface area contributed by atoms with Crippen molar-refractivity contribution in [1.82, 2.24) is 14.8 Å². The average Bonchev–Trinajstić information content (AvgIpc) is 2.35. The van der Waals surface area contributed by atoms with E-state index in [0.717, 1.165) is 25.2 Å². The second kappa shape index (κ2) is 5.65. The number of aromatic nitrogens is 1. The van der Waals surface area contributed by atoms with Crippen molar-refractivity contribution in [3.05, 3.63) is 24.0 Å². The van der Waals surface area contributed by atoms with Crippen molar-refractivity contribution in [1.29, 1.82) is 0 Å². The van der Waals surface area contributed by atoms with Gasteiger partial charge in [-0.3, -0.25) is 9.88 Å². The fourth-order valence-electron chi connectivity index (χ4n) is 2.43.